The van der Waals surface area contributed by atoms with Crippen molar-refractivity contribution in [3.05, 3.63) is 68.0 Å². The van der Waals surface area contributed by atoms with E-state index in [1.807, 2.05) is 31.2 Å². The van der Waals surface area contributed by atoms with Crippen molar-refractivity contribution < 1.29 is 14.3 Å². The summed E-state index contributed by atoms with van der Waals surface area (Å²) in [6.07, 6.45) is 6.76. The topological polar surface area (TPSA) is 46.6 Å². The molecule has 0 spiro atoms. The first-order chi connectivity index (χ1) is 13.4. The second-order valence-corrected chi connectivity index (χ2v) is 7.87. The molecule has 0 aromatic heterocycles. The van der Waals surface area contributed by atoms with Gasteiger partial charge in [-0.25, -0.2) is 0 Å². The van der Waals surface area contributed by atoms with Crippen LogP contribution in [0, 0.1) is 19.3 Å². The third kappa shape index (κ3) is 4.53. The SMILES string of the molecule is C#CCOc1c(Cl)cc(/C=C2\SC(=O)N(Cc3ccc(C)cc3)C2=O)cc1Cl. The van der Waals surface area contributed by atoms with E-state index < -0.39 is 0 Å². The summed E-state index contributed by atoms with van der Waals surface area (Å²) in [4.78, 5) is 26.5. The van der Waals surface area contributed by atoms with E-state index in [1.165, 1.54) is 4.90 Å². The number of hydrogen-bond donors (Lipinski definition) is 0. The van der Waals surface area contributed by atoms with Gasteiger partial charge in [-0.1, -0.05) is 59.0 Å². The Kier molecular flexibility index (Phi) is 6.35. The fraction of sp³-hybridized carbons (Fsp3) is 0.143. The van der Waals surface area contributed by atoms with E-state index in [2.05, 4.69) is 5.92 Å². The van der Waals surface area contributed by atoms with Gasteiger partial charge in [0, 0.05) is 0 Å². The smallest absolute Gasteiger partial charge is 0.293 e. The lowest BCUT2D eigenvalue weighted by Crippen LogP contribution is -2.27. The summed E-state index contributed by atoms with van der Waals surface area (Å²) < 4.78 is 5.32. The Morgan fingerprint density at radius 1 is 1.18 bits per heavy atom. The van der Waals surface area contributed by atoms with Gasteiger partial charge >= 0.3 is 0 Å². The maximum Gasteiger partial charge on any atom is 0.293 e. The molecular formula is C21H15Cl2NO3S. The van der Waals surface area contributed by atoms with E-state index in [0.717, 1.165) is 22.9 Å². The molecule has 3 rings (SSSR count). The predicted molar refractivity (Wildman–Crippen MR) is 113 cm³/mol. The molecule has 0 unspecified atom stereocenters. The summed E-state index contributed by atoms with van der Waals surface area (Å²) in [6.45, 7) is 2.24. The average molecular weight is 432 g/mol. The minimum Gasteiger partial charge on any atom is -0.478 e. The summed E-state index contributed by atoms with van der Waals surface area (Å²) in [7, 11) is 0. The van der Waals surface area contributed by atoms with Gasteiger partial charge in [-0.05, 0) is 48.0 Å². The zero-order chi connectivity index (χ0) is 20.3. The van der Waals surface area contributed by atoms with Gasteiger partial charge in [0.2, 0.25) is 0 Å². The van der Waals surface area contributed by atoms with Crippen LogP contribution in [0.15, 0.2) is 41.3 Å². The number of nitrogens with zero attached hydrogens (tertiary/aromatic N) is 1. The fourth-order valence-electron chi connectivity index (χ4n) is 2.58. The standard InChI is InChI=1S/C21H15Cl2NO3S/c1-3-8-27-19-16(22)9-15(10-17(19)23)11-18-20(25)24(21(26)28-18)12-14-6-4-13(2)5-7-14/h1,4-7,9-11H,8,12H2,2H3/b18-11-. The van der Waals surface area contributed by atoms with Gasteiger partial charge < -0.3 is 4.74 Å². The van der Waals surface area contributed by atoms with Crippen LogP contribution in [0.3, 0.4) is 0 Å². The maximum atomic E-state index is 12.7. The number of hydrogen-bond acceptors (Lipinski definition) is 4. The Labute approximate surface area is 177 Å². The van der Waals surface area contributed by atoms with Crippen LogP contribution in [0.5, 0.6) is 5.75 Å². The summed E-state index contributed by atoms with van der Waals surface area (Å²) in [5.74, 6) is 2.27. The number of ether oxygens (including phenoxy) is 1. The van der Waals surface area contributed by atoms with Crippen molar-refractivity contribution in [3.63, 3.8) is 0 Å². The Bertz CT molecular complexity index is 986. The number of thioether (sulfide) groups is 1. The van der Waals surface area contributed by atoms with Crippen LogP contribution < -0.4 is 4.74 Å². The molecule has 0 N–H and O–H groups in total. The van der Waals surface area contributed by atoms with E-state index in [1.54, 1.807) is 18.2 Å². The Morgan fingerprint density at radius 2 is 1.82 bits per heavy atom. The molecule has 2 aromatic carbocycles. The van der Waals surface area contributed by atoms with Gasteiger partial charge in [0.1, 0.15) is 6.61 Å². The fourth-order valence-corrected chi connectivity index (χ4v) is 4.03. The minimum atomic E-state index is -0.351. The lowest BCUT2D eigenvalue weighted by Gasteiger charge is -2.12. The number of terminal acetylenes is 1. The number of carbonyl (C=O) groups is 2. The lowest BCUT2D eigenvalue weighted by molar-refractivity contribution is -0.123. The Hall–Kier alpha value is -2.39. The molecule has 1 aliphatic heterocycles. The number of rotatable bonds is 5. The first-order valence-electron chi connectivity index (χ1n) is 8.25. The van der Waals surface area contributed by atoms with Crippen molar-refractivity contribution in [1.29, 1.82) is 0 Å². The number of halogens is 2. The third-order valence-electron chi connectivity index (χ3n) is 3.95. The number of benzene rings is 2. The highest BCUT2D eigenvalue weighted by molar-refractivity contribution is 8.18. The van der Waals surface area contributed by atoms with Gasteiger partial charge in [-0.3, -0.25) is 14.5 Å². The van der Waals surface area contributed by atoms with Gasteiger partial charge in [-0.15, -0.1) is 6.42 Å². The third-order valence-corrected chi connectivity index (χ3v) is 5.42. The van der Waals surface area contributed by atoms with Gasteiger partial charge in [0.25, 0.3) is 11.1 Å². The molecule has 28 heavy (non-hydrogen) atoms. The van der Waals surface area contributed by atoms with Gasteiger partial charge in [-0.2, -0.15) is 0 Å². The molecule has 2 aromatic rings. The Morgan fingerprint density at radius 3 is 2.43 bits per heavy atom. The molecule has 0 radical (unpaired) electrons. The zero-order valence-corrected chi connectivity index (χ0v) is 17.2. The highest BCUT2D eigenvalue weighted by Crippen LogP contribution is 2.37. The molecule has 4 nitrogen and oxygen atoms in total. The molecule has 0 atom stereocenters. The van der Waals surface area contributed by atoms with Crippen molar-refractivity contribution in [2.75, 3.05) is 6.61 Å². The van der Waals surface area contributed by atoms with Crippen LogP contribution in [0.4, 0.5) is 4.79 Å². The molecule has 1 aliphatic rings. The summed E-state index contributed by atoms with van der Waals surface area (Å²) >= 11 is 13.3. The van der Waals surface area contributed by atoms with Crippen LogP contribution >= 0.6 is 35.0 Å². The molecule has 1 saturated heterocycles. The summed E-state index contributed by atoms with van der Waals surface area (Å²) in [5, 5.41) is 0.226. The van der Waals surface area contributed by atoms with Crippen molar-refractivity contribution in [2.45, 2.75) is 13.5 Å². The number of aryl methyl sites for hydroxylation is 1. The molecule has 2 amide bonds. The Balaban J connectivity index is 1.81. The second-order valence-electron chi connectivity index (χ2n) is 6.06. The van der Waals surface area contributed by atoms with Crippen molar-refractivity contribution in [3.8, 4) is 18.1 Å². The first kappa shape index (κ1) is 20.3. The molecule has 142 valence electrons. The maximum absolute atomic E-state index is 12.7. The van der Waals surface area contributed by atoms with Crippen LogP contribution in [-0.2, 0) is 11.3 Å². The molecule has 0 saturated carbocycles. The van der Waals surface area contributed by atoms with E-state index in [0.29, 0.717) is 10.5 Å². The van der Waals surface area contributed by atoms with Crippen molar-refractivity contribution in [2.24, 2.45) is 0 Å². The number of carbonyl (C=O) groups excluding carboxylic acids is 2. The van der Waals surface area contributed by atoms with E-state index in [4.69, 9.17) is 34.4 Å². The van der Waals surface area contributed by atoms with E-state index in [9.17, 15) is 9.59 Å². The molecule has 7 heteroatoms. The van der Waals surface area contributed by atoms with Crippen LogP contribution in [0.1, 0.15) is 16.7 Å². The number of imide groups is 1. The summed E-state index contributed by atoms with van der Waals surface area (Å²) in [5.41, 5.74) is 2.58. The first-order valence-corrected chi connectivity index (χ1v) is 9.82. The van der Waals surface area contributed by atoms with Gasteiger partial charge in [0.15, 0.2) is 5.75 Å². The molecule has 0 bridgehead atoms. The monoisotopic (exact) mass is 431 g/mol. The van der Waals surface area contributed by atoms with Crippen molar-refractivity contribution >= 4 is 52.2 Å². The predicted octanol–water partition coefficient (Wildman–Crippen LogP) is 5.55. The number of amides is 2. The quantitative estimate of drug-likeness (QED) is 0.459. The van der Waals surface area contributed by atoms with Crippen LogP contribution in [0.25, 0.3) is 6.08 Å². The van der Waals surface area contributed by atoms with Crippen LogP contribution in [0.2, 0.25) is 10.0 Å². The normalized spacial score (nSPS) is 15.2. The van der Waals surface area contributed by atoms with Crippen LogP contribution in [-0.4, -0.2) is 22.7 Å². The average Bonchev–Trinajstić information content (AvgIpc) is 2.90. The zero-order valence-electron chi connectivity index (χ0n) is 14.9. The highest BCUT2D eigenvalue weighted by Gasteiger charge is 2.35. The molecular weight excluding hydrogens is 417 g/mol. The summed E-state index contributed by atoms with van der Waals surface area (Å²) in [6, 6.07) is 10.9. The largest absolute Gasteiger partial charge is 0.478 e. The molecule has 0 aliphatic carbocycles. The second kappa shape index (κ2) is 8.74. The van der Waals surface area contributed by atoms with E-state index >= 15 is 0 Å². The van der Waals surface area contributed by atoms with Crippen molar-refractivity contribution in [1.82, 2.24) is 4.90 Å². The lowest BCUT2D eigenvalue weighted by atomic mass is 10.1. The minimum absolute atomic E-state index is 0.0384. The highest BCUT2D eigenvalue weighted by atomic mass is 35.5. The molecule has 1 fully saturated rings. The molecule has 1 heterocycles. The van der Waals surface area contributed by atoms with Gasteiger partial charge in [0.05, 0.1) is 21.5 Å². The van der Waals surface area contributed by atoms with E-state index in [-0.39, 0.29) is 40.1 Å².